The molecule has 0 unspecified atom stereocenters. The summed E-state index contributed by atoms with van der Waals surface area (Å²) in [5.74, 6) is 1.57. The van der Waals surface area contributed by atoms with Crippen molar-refractivity contribution in [1.29, 1.82) is 0 Å². The highest BCUT2D eigenvalue weighted by Crippen LogP contribution is 2.21. The molecule has 0 fully saturated rings. The first-order valence-electron chi connectivity index (χ1n) is 7.85. The molecule has 0 spiro atoms. The van der Waals surface area contributed by atoms with Crippen LogP contribution in [0, 0.1) is 0 Å². The standard InChI is InChI=1S/C18H17ClN4O2S/c1-25-15-7-5-13(6-8-15)17-21-18(23-22-17)26-11-16(24)20-10-12-3-2-4-14(19)9-12/h2-9H,10-11H2,1H3,(H,20,24)(H,21,22,23). The zero-order valence-electron chi connectivity index (χ0n) is 14.0. The largest absolute Gasteiger partial charge is 0.497 e. The number of H-pyrrole nitrogens is 1. The van der Waals surface area contributed by atoms with Crippen molar-refractivity contribution in [2.75, 3.05) is 12.9 Å². The molecule has 134 valence electrons. The van der Waals surface area contributed by atoms with E-state index >= 15 is 0 Å². The van der Waals surface area contributed by atoms with Crippen LogP contribution >= 0.6 is 23.4 Å². The summed E-state index contributed by atoms with van der Waals surface area (Å²) >= 11 is 7.20. The number of rotatable bonds is 7. The fourth-order valence-electron chi connectivity index (χ4n) is 2.22. The molecule has 0 atom stereocenters. The Labute approximate surface area is 160 Å². The van der Waals surface area contributed by atoms with Crippen LogP contribution in [0.25, 0.3) is 11.4 Å². The molecule has 0 radical (unpaired) electrons. The highest BCUT2D eigenvalue weighted by Gasteiger charge is 2.09. The van der Waals surface area contributed by atoms with Gasteiger partial charge in [-0.05, 0) is 42.0 Å². The maximum atomic E-state index is 12.0. The first kappa shape index (κ1) is 18.3. The van der Waals surface area contributed by atoms with Crippen molar-refractivity contribution in [2.24, 2.45) is 0 Å². The number of hydrogen-bond donors (Lipinski definition) is 2. The molecule has 0 saturated heterocycles. The lowest BCUT2D eigenvalue weighted by molar-refractivity contribution is -0.118. The molecule has 0 aliphatic rings. The van der Waals surface area contributed by atoms with E-state index in [1.807, 2.05) is 42.5 Å². The van der Waals surface area contributed by atoms with Gasteiger partial charge in [-0.25, -0.2) is 4.98 Å². The zero-order valence-corrected chi connectivity index (χ0v) is 15.6. The highest BCUT2D eigenvalue weighted by molar-refractivity contribution is 7.99. The minimum atomic E-state index is -0.0919. The van der Waals surface area contributed by atoms with Crippen LogP contribution in [-0.4, -0.2) is 34.0 Å². The molecule has 0 aliphatic carbocycles. The van der Waals surface area contributed by atoms with Crippen LogP contribution in [0.15, 0.2) is 53.7 Å². The summed E-state index contributed by atoms with van der Waals surface area (Å²) in [4.78, 5) is 16.4. The number of hydrogen-bond acceptors (Lipinski definition) is 5. The third-order valence-electron chi connectivity index (χ3n) is 3.54. The molecule has 3 rings (SSSR count). The Bertz CT molecular complexity index is 883. The fraction of sp³-hybridized carbons (Fsp3) is 0.167. The van der Waals surface area contributed by atoms with Gasteiger partial charge >= 0.3 is 0 Å². The third-order valence-corrected chi connectivity index (χ3v) is 4.62. The predicted octanol–water partition coefficient (Wildman–Crippen LogP) is 3.54. The van der Waals surface area contributed by atoms with Crippen LogP contribution < -0.4 is 10.1 Å². The number of carbonyl (C=O) groups is 1. The summed E-state index contributed by atoms with van der Waals surface area (Å²) in [6.07, 6.45) is 0. The van der Waals surface area contributed by atoms with Crippen LogP contribution in [0.4, 0.5) is 0 Å². The summed E-state index contributed by atoms with van der Waals surface area (Å²) in [6.45, 7) is 0.436. The number of ether oxygens (including phenoxy) is 1. The van der Waals surface area contributed by atoms with E-state index in [0.717, 1.165) is 16.9 Å². The van der Waals surface area contributed by atoms with Crippen molar-refractivity contribution in [3.8, 4) is 17.1 Å². The fourth-order valence-corrected chi connectivity index (χ4v) is 3.06. The van der Waals surface area contributed by atoms with Crippen molar-refractivity contribution in [3.05, 3.63) is 59.1 Å². The molecule has 3 aromatic rings. The molecule has 2 N–H and O–H groups in total. The number of aromatic amines is 1. The number of methoxy groups -OCH3 is 1. The van der Waals surface area contributed by atoms with Crippen molar-refractivity contribution >= 4 is 29.3 Å². The average Bonchev–Trinajstić information content (AvgIpc) is 3.14. The van der Waals surface area contributed by atoms with E-state index in [1.54, 1.807) is 13.2 Å². The normalized spacial score (nSPS) is 10.5. The van der Waals surface area contributed by atoms with Gasteiger partial charge in [0.25, 0.3) is 0 Å². The number of halogens is 1. The maximum Gasteiger partial charge on any atom is 0.230 e. The van der Waals surface area contributed by atoms with Gasteiger partial charge in [-0.15, -0.1) is 5.10 Å². The van der Waals surface area contributed by atoms with Gasteiger partial charge in [0.1, 0.15) is 5.75 Å². The molecule has 2 aromatic carbocycles. The summed E-state index contributed by atoms with van der Waals surface area (Å²) < 4.78 is 5.13. The Morgan fingerprint density at radius 2 is 2.08 bits per heavy atom. The molecule has 26 heavy (non-hydrogen) atoms. The second-order valence-corrected chi connectivity index (χ2v) is 6.77. The summed E-state index contributed by atoms with van der Waals surface area (Å²) in [5.41, 5.74) is 1.85. The van der Waals surface area contributed by atoms with Crippen LogP contribution in [0.1, 0.15) is 5.56 Å². The quantitative estimate of drug-likeness (QED) is 0.605. The minimum Gasteiger partial charge on any atom is -0.497 e. The molecule has 6 nitrogen and oxygen atoms in total. The average molecular weight is 389 g/mol. The van der Waals surface area contributed by atoms with E-state index in [1.165, 1.54) is 11.8 Å². The van der Waals surface area contributed by atoms with Crippen LogP contribution in [0.3, 0.4) is 0 Å². The smallest absolute Gasteiger partial charge is 0.230 e. The maximum absolute atomic E-state index is 12.0. The van der Waals surface area contributed by atoms with Crippen LogP contribution in [-0.2, 0) is 11.3 Å². The number of nitrogens with one attached hydrogen (secondary N) is 2. The Morgan fingerprint density at radius 3 is 2.81 bits per heavy atom. The van der Waals surface area contributed by atoms with Gasteiger partial charge in [-0.1, -0.05) is 35.5 Å². The first-order valence-corrected chi connectivity index (χ1v) is 9.21. The summed E-state index contributed by atoms with van der Waals surface area (Å²) in [7, 11) is 1.62. The van der Waals surface area contributed by atoms with Crippen molar-refractivity contribution in [2.45, 2.75) is 11.7 Å². The van der Waals surface area contributed by atoms with Gasteiger partial charge in [-0.2, -0.15) is 0 Å². The molecule has 0 saturated carbocycles. The lowest BCUT2D eigenvalue weighted by Gasteiger charge is -2.04. The second kappa shape index (κ2) is 8.73. The minimum absolute atomic E-state index is 0.0919. The van der Waals surface area contributed by atoms with E-state index in [4.69, 9.17) is 16.3 Å². The molecular formula is C18H17ClN4O2S. The molecular weight excluding hydrogens is 372 g/mol. The Morgan fingerprint density at radius 1 is 1.27 bits per heavy atom. The number of nitrogens with zero attached hydrogens (tertiary/aromatic N) is 2. The van der Waals surface area contributed by atoms with E-state index in [-0.39, 0.29) is 11.7 Å². The van der Waals surface area contributed by atoms with E-state index in [2.05, 4.69) is 20.5 Å². The van der Waals surface area contributed by atoms with Crippen LogP contribution in [0.5, 0.6) is 5.75 Å². The van der Waals surface area contributed by atoms with Gasteiger partial charge < -0.3 is 10.1 Å². The Kier molecular flexibility index (Phi) is 6.14. The molecule has 0 bridgehead atoms. The number of carbonyl (C=O) groups excluding carboxylic acids is 1. The van der Waals surface area contributed by atoms with Gasteiger partial charge in [0.05, 0.1) is 12.9 Å². The summed E-state index contributed by atoms with van der Waals surface area (Å²) in [6, 6.07) is 14.9. The first-order chi connectivity index (χ1) is 12.6. The molecule has 1 aromatic heterocycles. The zero-order chi connectivity index (χ0) is 18.4. The highest BCUT2D eigenvalue weighted by atomic mass is 35.5. The molecule has 0 aliphatic heterocycles. The lowest BCUT2D eigenvalue weighted by atomic mass is 10.2. The van der Waals surface area contributed by atoms with E-state index < -0.39 is 0 Å². The van der Waals surface area contributed by atoms with E-state index in [9.17, 15) is 4.79 Å². The monoisotopic (exact) mass is 388 g/mol. The van der Waals surface area contributed by atoms with Gasteiger partial charge in [-0.3, -0.25) is 9.89 Å². The number of amides is 1. The van der Waals surface area contributed by atoms with Gasteiger partial charge in [0.2, 0.25) is 11.1 Å². The molecule has 1 amide bonds. The third kappa shape index (κ3) is 5.00. The SMILES string of the molecule is COc1ccc(-c2nc(SCC(=O)NCc3cccc(Cl)c3)n[nH]2)cc1. The molecule has 1 heterocycles. The topological polar surface area (TPSA) is 79.9 Å². The molecule has 8 heteroatoms. The van der Waals surface area contributed by atoms with Crippen molar-refractivity contribution in [3.63, 3.8) is 0 Å². The summed E-state index contributed by atoms with van der Waals surface area (Å²) in [5, 5.41) is 11.0. The lowest BCUT2D eigenvalue weighted by Crippen LogP contribution is -2.24. The number of aromatic nitrogens is 3. The van der Waals surface area contributed by atoms with Gasteiger partial charge in [0, 0.05) is 17.1 Å². The second-order valence-electron chi connectivity index (χ2n) is 5.39. The van der Waals surface area contributed by atoms with E-state index in [0.29, 0.717) is 22.5 Å². The number of benzene rings is 2. The van der Waals surface area contributed by atoms with Crippen molar-refractivity contribution in [1.82, 2.24) is 20.5 Å². The number of thioether (sulfide) groups is 1. The van der Waals surface area contributed by atoms with Crippen molar-refractivity contribution < 1.29 is 9.53 Å². The van der Waals surface area contributed by atoms with Gasteiger partial charge in [0.15, 0.2) is 5.82 Å². The predicted molar refractivity (Wildman–Crippen MR) is 102 cm³/mol. The van der Waals surface area contributed by atoms with Crippen LogP contribution in [0.2, 0.25) is 5.02 Å². The Balaban J connectivity index is 1.50. The Hall–Kier alpha value is -2.51.